The Morgan fingerprint density at radius 3 is 2.35 bits per heavy atom. The van der Waals surface area contributed by atoms with E-state index in [9.17, 15) is 22.4 Å². The lowest BCUT2D eigenvalue weighted by Gasteiger charge is -2.03. The van der Waals surface area contributed by atoms with E-state index in [1.807, 2.05) is 0 Å². The largest absolute Gasteiger partial charge is 0.471 e. The second-order valence-corrected chi connectivity index (χ2v) is 2.99. The van der Waals surface area contributed by atoms with Crippen molar-refractivity contribution in [3.63, 3.8) is 0 Å². The van der Waals surface area contributed by atoms with Crippen molar-refractivity contribution in [2.75, 3.05) is 6.54 Å². The van der Waals surface area contributed by atoms with E-state index in [1.165, 1.54) is 24.3 Å². The number of rotatable bonds is 1. The van der Waals surface area contributed by atoms with Gasteiger partial charge >= 0.3 is 12.1 Å². The van der Waals surface area contributed by atoms with Gasteiger partial charge < -0.3 is 5.32 Å². The number of amides is 1. The van der Waals surface area contributed by atoms with Crippen LogP contribution in [0.1, 0.15) is 5.56 Å². The normalized spacial score (nSPS) is 10.4. The third kappa shape index (κ3) is 4.55. The summed E-state index contributed by atoms with van der Waals surface area (Å²) in [6.07, 6.45) is -4.91. The highest BCUT2D eigenvalue weighted by Gasteiger charge is 2.38. The van der Waals surface area contributed by atoms with Crippen LogP contribution in [0.25, 0.3) is 0 Å². The molecule has 0 atom stereocenters. The quantitative estimate of drug-likeness (QED) is 0.593. The molecule has 0 fully saturated rings. The zero-order chi connectivity index (χ0) is 12.9. The number of hydrogen-bond donors (Lipinski definition) is 1. The summed E-state index contributed by atoms with van der Waals surface area (Å²) in [5.74, 6) is 2.33. The van der Waals surface area contributed by atoms with Crippen LogP contribution < -0.4 is 5.32 Å². The Morgan fingerprint density at radius 1 is 1.24 bits per heavy atom. The van der Waals surface area contributed by atoms with E-state index in [0.717, 1.165) is 0 Å². The molecule has 0 spiro atoms. The molecule has 1 rings (SSSR count). The van der Waals surface area contributed by atoms with Crippen LogP contribution in [0.2, 0.25) is 0 Å². The number of halogens is 4. The molecule has 2 nitrogen and oxygen atoms in total. The minimum absolute atomic E-state index is 0.421. The molecule has 0 saturated carbocycles. The maximum absolute atomic E-state index is 12.5. The minimum Gasteiger partial charge on any atom is -0.337 e. The summed E-state index contributed by atoms with van der Waals surface area (Å²) in [7, 11) is 0. The fourth-order valence-electron chi connectivity index (χ4n) is 0.904. The van der Waals surface area contributed by atoms with Crippen LogP contribution in [0.5, 0.6) is 0 Å². The maximum Gasteiger partial charge on any atom is 0.471 e. The van der Waals surface area contributed by atoms with E-state index < -0.39 is 24.4 Å². The molecule has 1 N–H and O–H groups in total. The van der Waals surface area contributed by atoms with Crippen LogP contribution in [0.15, 0.2) is 24.3 Å². The molecule has 0 radical (unpaired) electrons. The van der Waals surface area contributed by atoms with Crippen molar-refractivity contribution in [1.82, 2.24) is 5.32 Å². The second kappa shape index (κ2) is 5.34. The predicted octanol–water partition coefficient (Wildman–Crippen LogP) is 1.86. The number of carbonyl (C=O) groups excluding carboxylic acids is 1. The molecule has 0 aromatic heterocycles. The monoisotopic (exact) mass is 245 g/mol. The first-order chi connectivity index (χ1) is 7.89. The van der Waals surface area contributed by atoms with Gasteiger partial charge in [-0.3, -0.25) is 4.79 Å². The van der Waals surface area contributed by atoms with Crippen molar-refractivity contribution in [1.29, 1.82) is 0 Å². The van der Waals surface area contributed by atoms with Crippen molar-refractivity contribution in [2.45, 2.75) is 6.18 Å². The second-order valence-electron chi connectivity index (χ2n) is 2.99. The van der Waals surface area contributed by atoms with Gasteiger partial charge in [0.25, 0.3) is 0 Å². The first-order valence-electron chi connectivity index (χ1n) is 4.49. The van der Waals surface area contributed by atoms with Crippen LogP contribution in [0.3, 0.4) is 0 Å². The number of carbonyl (C=O) groups is 1. The van der Waals surface area contributed by atoms with Gasteiger partial charge in [-0.25, -0.2) is 4.39 Å². The Morgan fingerprint density at radius 2 is 1.82 bits per heavy atom. The molecule has 0 aliphatic heterocycles. The zero-order valence-corrected chi connectivity index (χ0v) is 8.44. The highest BCUT2D eigenvalue weighted by atomic mass is 19.4. The Balaban J connectivity index is 2.47. The molecule has 17 heavy (non-hydrogen) atoms. The average molecular weight is 245 g/mol. The summed E-state index contributed by atoms with van der Waals surface area (Å²) in [5, 5.41) is 1.59. The molecule has 0 unspecified atom stereocenters. The maximum atomic E-state index is 12.5. The zero-order valence-electron chi connectivity index (χ0n) is 8.44. The Hall–Kier alpha value is -2.03. The molecule has 1 aromatic rings. The van der Waals surface area contributed by atoms with Gasteiger partial charge in [0.1, 0.15) is 5.82 Å². The van der Waals surface area contributed by atoms with Gasteiger partial charge in [0, 0.05) is 5.56 Å². The van der Waals surface area contributed by atoms with Gasteiger partial charge in [0.2, 0.25) is 0 Å². The van der Waals surface area contributed by atoms with Crippen LogP contribution in [0.4, 0.5) is 17.6 Å². The van der Waals surface area contributed by atoms with Crippen molar-refractivity contribution >= 4 is 5.91 Å². The van der Waals surface area contributed by atoms with Gasteiger partial charge in [-0.1, -0.05) is 11.8 Å². The molecule has 1 aromatic carbocycles. The van der Waals surface area contributed by atoms with Crippen molar-refractivity contribution in [3.8, 4) is 11.8 Å². The lowest BCUT2D eigenvalue weighted by atomic mass is 10.2. The van der Waals surface area contributed by atoms with E-state index in [-0.39, 0.29) is 0 Å². The van der Waals surface area contributed by atoms with Gasteiger partial charge in [0.05, 0.1) is 6.54 Å². The summed E-state index contributed by atoms with van der Waals surface area (Å²) >= 11 is 0. The summed E-state index contributed by atoms with van der Waals surface area (Å²) in [4.78, 5) is 10.4. The molecule has 0 bridgehead atoms. The molecule has 0 aliphatic carbocycles. The van der Waals surface area contributed by atoms with Crippen molar-refractivity contribution < 1.29 is 22.4 Å². The van der Waals surface area contributed by atoms with Crippen LogP contribution in [0, 0.1) is 17.7 Å². The lowest BCUT2D eigenvalue weighted by Crippen LogP contribution is -2.36. The smallest absolute Gasteiger partial charge is 0.337 e. The average Bonchev–Trinajstić information content (AvgIpc) is 2.25. The van der Waals surface area contributed by atoms with E-state index in [0.29, 0.717) is 5.56 Å². The highest BCUT2D eigenvalue weighted by Crippen LogP contribution is 2.13. The van der Waals surface area contributed by atoms with Crippen LogP contribution in [-0.2, 0) is 4.79 Å². The number of alkyl halides is 3. The van der Waals surface area contributed by atoms with Crippen molar-refractivity contribution in [3.05, 3.63) is 35.6 Å². The topological polar surface area (TPSA) is 29.1 Å². The predicted molar refractivity (Wildman–Crippen MR) is 52.3 cm³/mol. The molecule has 90 valence electrons. The molecule has 6 heteroatoms. The number of hydrogen-bond acceptors (Lipinski definition) is 1. The third-order valence-corrected chi connectivity index (χ3v) is 1.67. The molecule has 0 heterocycles. The van der Waals surface area contributed by atoms with E-state index in [4.69, 9.17) is 0 Å². The molecule has 0 aliphatic rings. The third-order valence-electron chi connectivity index (χ3n) is 1.67. The molecular weight excluding hydrogens is 238 g/mol. The molecular formula is C11H7F4NO. The Bertz CT molecular complexity index is 453. The summed E-state index contributed by atoms with van der Waals surface area (Å²) in [6, 6.07) is 5.12. The molecule has 0 saturated heterocycles. The first-order valence-corrected chi connectivity index (χ1v) is 4.49. The van der Waals surface area contributed by atoms with Gasteiger partial charge in [-0.15, -0.1) is 0 Å². The number of nitrogens with one attached hydrogen (secondary N) is 1. The van der Waals surface area contributed by atoms with Crippen LogP contribution >= 0.6 is 0 Å². The van der Waals surface area contributed by atoms with E-state index >= 15 is 0 Å². The summed E-state index contributed by atoms with van der Waals surface area (Å²) in [5.41, 5.74) is 0.452. The fourth-order valence-corrected chi connectivity index (χ4v) is 0.904. The summed E-state index contributed by atoms with van der Waals surface area (Å²) < 4.78 is 47.7. The van der Waals surface area contributed by atoms with E-state index in [2.05, 4.69) is 11.8 Å². The van der Waals surface area contributed by atoms with Gasteiger partial charge in [-0.2, -0.15) is 13.2 Å². The standard InChI is InChI=1S/C11H7F4NO/c12-9-5-3-8(4-6-9)2-1-7-16-10(17)11(13,14)15/h3-6H,7H2,(H,16,17). The first kappa shape index (κ1) is 13.0. The van der Waals surface area contributed by atoms with Crippen LogP contribution in [-0.4, -0.2) is 18.6 Å². The van der Waals surface area contributed by atoms with E-state index in [1.54, 1.807) is 5.32 Å². The van der Waals surface area contributed by atoms with Gasteiger partial charge in [-0.05, 0) is 24.3 Å². The molecule has 1 amide bonds. The Kier molecular flexibility index (Phi) is 4.10. The minimum atomic E-state index is -4.91. The Labute approximate surface area is 94.6 Å². The van der Waals surface area contributed by atoms with Crippen molar-refractivity contribution in [2.24, 2.45) is 0 Å². The highest BCUT2D eigenvalue weighted by molar-refractivity contribution is 5.81. The SMILES string of the molecule is O=C(NCC#Cc1ccc(F)cc1)C(F)(F)F. The fraction of sp³-hybridized carbons (Fsp3) is 0.182. The summed E-state index contributed by atoms with van der Waals surface area (Å²) in [6.45, 7) is -0.421. The lowest BCUT2D eigenvalue weighted by molar-refractivity contribution is -0.173. The number of benzene rings is 1. The van der Waals surface area contributed by atoms with Gasteiger partial charge in [0.15, 0.2) is 0 Å².